The van der Waals surface area contributed by atoms with Crippen LogP contribution in [0.25, 0.3) is 0 Å². The number of carbonyl (C=O) groups is 1. The van der Waals surface area contributed by atoms with Crippen LogP contribution in [-0.4, -0.2) is 22.8 Å². The van der Waals surface area contributed by atoms with E-state index in [1.807, 2.05) is 0 Å². The summed E-state index contributed by atoms with van der Waals surface area (Å²) in [7, 11) is 0. The van der Waals surface area contributed by atoms with Gasteiger partial charge < -0.3 is 14.9 Å². The highest BCUT2D eigenvalue weighted by atomic mass is 16.5. The third-order valence-electron chi connectivity index (χ3n) is 3.11. The van der Waals surface area contributed by atoms with Gasteiger partial charge in [0.1, 0.15) is 18.1 Å². The number of phenols is 1. The van der Waals surface area contributed by atoms with Crippen LogP contribution in [0.3, 0.4) is 0 Å². The molecule has 4 nitrogen and oxygen atoms in total. The molecule has 0 saturated carbocycles. The first-order valence-corrected chi connectivity index (χ1v) is 7.06. The second kappa shape index (κ2) is 8.84. The van der Waals surface area contributed by atoms with Crippen molar-refractivity contribution in [2.24, 2.45) is 0 Å². The second-order valence-corrected chi connectivity index (χ2v) is 4.77. The molecule has 0 amide bonds. The minimum absolute atomic E-state index is 0.145. The van der Waals surface area contributed by atoms with Gasteiger partial charge >= 0.3 is 5.97 Å². The van der Waals surface area contributed by atoms with Crippen molar-refractivity contribution in [1.82, 2.24) is 0 Å². The number of benzene rings is 1. The SMILES string of the molecule is C=CCOc1ccc(O)c(C(C=CC(=O)O)CCCC)c1. The lowest BCUT2D eigenvalue weighted by Gasteiger charge is -2.16. The summed E-state index contributed by atoms with van der Waals surface area (Å²) in [5.41, 5.74) is 0.683. The molecule has 4 heteroatoms. The minimum atomic E-state index is -0.991. The lowest BCUT2D eigenvalue weighted by molar-refractivity contribution is -0.131. The average Bonchev–Trinajstić information content (AvgIpc) is 2.47. The molecular weight excluding hydrogens is 268 g/mol. The number of carboxylic acid groups (broad SMARTS) is 1. The summed E-state index contributed by atoms with van der Waals surface area (Å²) in [5, 5.41) is 18.8. The molecule has 0 aromatic heterocycles. The summed E-state index contributed by atoms with van der Waals surface area (Å²) in [5.74, 6) is -0.353. The van der Waals surface area contributed by atoms with Crippen LogP contribution in [0.15, 0.2) is 43.0 Å². The van der Waals surface area contributed by atoms with Crippen molar-refractivity contribution in [1.29, 1.82) is 0 Å². The van der Waals surface area contributed by atoms with E-state index in [9.17, 15) is 9.90 Å². The molecule has 0 bridgehead atoms. The van der Waals surface area contributed by atoms with Gasteiger partial charge in [0, 0.05) is 17.6 Å². The first-order chi connectivity index (χ1) is 10.1. The molecule has 1 aromatic carbocycles. The van der Waals surface area contributed by atoms with E-state index in [-0.39, 0.29) is 11.7 Å². The molecule has 1 rings (SSSR count). The Balaban J connectivity index is 3.03. The van der Waals surface area contributed by atoms with Gasteiger partial charge in [-0.1, -0.05) is 38.5 Å². The summed E-state index contributed by atoms with van der Waals surface area (Å²) < 4.78 is 5.46. The Morgan fingerprint density at radius 1 is 1.48 bits per heavy atom. The maximum absolute atomic E-state index is 10.7. The highest BCUT2D eigenvalue weighted by Crippen LogP contribution is 2.33. The largest absolute Gasteiger partial charge is 0.508 e. The van der Waals surface area contributed by atoms with Gasteiger partial charge in [0.25, 0.3) is 0 Å². The molecule has 0 radical (unpaired) electrons. The maximum atomic E-state index is 10.7. The van der Waals surface area contributed by atoms with Crippen LogP contribution in [0, 0.1) is 0 Å². The lowest BCUT2D eigenvalue weighted by Crippen LogP contribution is -2.00. The van der Waals surface area contributed by atoms with Crippen LogP contribution in [-0.2, 0) is 4.79 Å². The lowest BCUT2D eigenvalue weighted by atomic mass is 9.92. The summed E-state index contributed by atoms with van der Waals surface area (Å²) in [4.78, 5) is 10.7. The summed E-state index contributed by atoms with van der Waals surface area (Å²) in [6.07, 6.45) is 7.11. The molecule has 2 N–H and O–H groups in total. The van der Waals surface area contributed by atoms with Gasteiger partial charge in [0.05, 0.1) is 0 Å². The molecule has 1 aromatic rings. The van der Waals surface area contributed by atoms with Gasteiger partial charge in [-0.3, -0.25) is 0 Å². The Morgan fingerprint density at radius 2 is 2.24 bits per heavy atom. The quantitative estimate of drug-likeness (QED) is 0.535. The molecule has 0 aliphatic rings. The zero-order valence-electron chi connectivity index (χ0n) is 12.3. The first kappa shape index (κ1) is 16.8. The van der Waals surface area contributed by atoms with E-state index in [1.165, 1.54) is 0 Å². The van der Waals surface area contributed by atoms with Gasteiger partial charge in [-0.2, -0.15) is 0 Å². The smallest absolute Gasteiger partial charge is 0.327 e. The summed E-state index contributed by atoms with van der Waals surface area (Å²) >= 11 is 0. The number of phenolic OH excluding ortho intramolecular Hbond substituents is 1. The van der Waals surface area contributed by atoms with E-state index in [0.717, 1.165) is 25.3 Å². The minimum Gasteiger partial charge on any atom is -0.508 e. The normalized spacial score (nSPS) is 12.2. The van der Waals surface area contributed by atoms with Crippen molar-refractivity contribution < 1.29 is 19.7 Å². The molecule has 0 aliphatic heterocycles. The summed E-state index contributed by atoms with van der Waals surface area (Å²) in [6.45, 7) is 6.04. The number of hydrogen-bond acceptors (Lipinski definition) is 3. The average molecular weight is 290 g/mol. The molecule has 0 fully saturated rings. The zero-order valence-corrected chi connectivity index (χ0v) is 12.3. The Hall–Kier alpha value is -2.23. The highest BCUT2D eigenvalue weighted by molar-refractivity contribution is 5.79. The Morgan fingerprint density at radius 3 is 2.86 bits per heavy atom. The Kier molecular flexibility index (Phi) is 7.09. The van der Waals surface area contributed by atoms with Crippen LogP contribution < -0.4 is 4.74 Å². The molecule has 1 unspecified atom stereocenters. The number of unbranched alkanes of at least 4 members (excludes halogenated alkanes) is 1. The van der Waals surface area contributed by atoms with E-state index in [4.69, 9.17) is 9.84 Å². The first-order valence-electron chi connectivity index (χ1n) is 7.06. The van der Waals surface area contributed by atoms with Crippen molar-refractivity contribution in [2.75, 3.05) is 6.61 Å². The van der Waals surface area contributed by atoms with Gasteiger partial charge in [-0.25, -0.2) is 4.79 Å². The Labute approximate surface area is 125 Å². The number of ether oxygens (including phenoxy) is 1. The monoisotopic (exact) mass is 290 g/mol. The standard InChI is InChI=1S/C17H22O4/c1-3-5-6-13(7-10-17(19)20)15-12-14(21-11-4-2)8-9-16(15)18/h4,7-10,12-13,18H,2-3,5-6,11H2,1H3,(H,19,20). The zero-order chi connectivity index (χ0) is 15.7. The van der Waals surface area contributed by atoms with E-state index in [2.05, 4.69) is 13.5 Å². The molecule has 114 valence electrons. The fourth-order valence-corrected chi connectivity index (χ4v) is 2.05. The molecule has 0 saturated heterocycles. The molecule has 0 aliphatic carbocycles. The van der Waals surface area contributed by atoms with Crippen molar-refractivity contribution in [2.45, 2.75) is 32.1 Å². The molecule has 0 heterocycles. The molecule has 21 heavy (non-hydrogen) atoms. The van der Waals surface area contributed by atoms with E-state index >= 15 is 0 Å². The van der Waals surface area contributed by atoms with Gasteiger partial charge in [0.2, 0.25) is 0 Å². The van der Waals surface area contributed by atoms with Crippen molar-refractivity contribution >= 4 is 5.97 Å². The third kappa shape index (κ3) is 5.73. The van der Waals surface area contributed by atoms with Crippen molar-refractivity contribution in [3.63, 3.8) is 0 Å². The maximum Gasteiger partial charge on any atom is 0.327 e. The number of carboxylic acids is 1. The van der Waals surface area contributed by atoms with Crippen LogP contribution >= 0.6 is 0 Å². The molecule has 1 atom stereocenters. The van der Waals surface area contributed by atoms with Crippen LogP contribution in [0.1, 0.15) is 37.7 Å². The number of aliphatic carboxylic acids is 1. The number of hydrogen-bond donors (Lipinski definition) is 2. The number of aromatic hydroxyl groups is 1. The van der Waals surface area contributed by atoms with Crippen LogP contribution in [0.4, 0.5) is 0 Å². The molecule has 0 spiro atoms. The van der Waals surface area contributed by atoms with Gasteiger partial charge in [-0.05, 0) is 24.6 Å². The van der Waals surface area contributed by atoms with Crippen molar-refractivity contribution in [3.8, 4) is 11.5 Å². The van der Waals surface area contributed by atoms with Crippen LogP contribution in [0.5, 0.6) is 11.5 Å². The van der Waals surface area contributed by atoms with Crippen LogP contribution in [0.2, 0.25) is 0 Å². The van der Waals surface area contributed by atoms with Gasteiger partial charge in [-0.15, -0.1) is 0 Å². The number of allylic oxidation sites excluding steroid dienone is 1. The molecular formula is C17H22O4. The Bertz CT molecular complexity index is 506. The predicted molar refractivity (Wildman–Crippen MR) is 82.8 cm³/mol. The fourth-order valence-electron chi connectivity index (χ4n) is 2.05. The second-order valence-electron chi connectivity index (χ2n) is 4.77. The summed E-state index contributed by atoms with van der Waals surface area (Å²) in [6, 6.07) is 5.01. The topological polar surface area (TPSA) is 66.8 Å². The van der Waals surface area contributed by atoms with E-state index in [0.29, 0.717) is 17.9 Å². The third-order valence-corrected chi connectivity index (χ3v) is 3.11. The van der Waals surface area contributed by atoms with Crippen molar-refractivity contribution in [3.05, 3.63) is 48.6 Å². The predicted octanol–water partition coefficient (Wildman–Crippen LogP) is 3.87. The van der Waals surface area contributed by atoms with Gasteiger partial charge in [0.15, 0.2) is 0 Å². The number of rotatable bonds is 9. The highest BCUT2D eigenvalue weighted by Gasteiger charge is 2.14. The fraction of sp³-hybridized carbons (Fsp3) is 0.353. The van der Waals surface area contributed by atoms with E-state index in [1.54, 1.807) is 30.4 Å². The van der Waals surface area contributed by atoms with E-state index < -0.39 is 5.97 Å².